The fourth-order valence-electron chi connectivity index (χ4n) is 2.71. The molecular formula is C20H25NO5S. The number of benzene rings is 2. The molecule has 7 heteroatoms. The maximum absolute atomic E-state index is 9.91. The molecule has 1 fully saturated rings. The SMILES string of the molecule is COc1ccc(C2OCC(OC(Sc3ccccc3)[C@@H](N)O)C(C)O2)cc1. The van der Waals surface area contributed by atoms with Gasteiger partial charge in [0.25, 0.3) is 0 Å². The van der Waals surface area contributed by atoms with Crippen LogP contribution in [0.4, 0.5) is 0 Å². The minimum Gasteiger partial charge on any atom is -0.497 e. The van der Waals surface area contributed by atoms with Crippen LogP contribution in [0.3, 0.4) is 0 Å². The molecule has 1 aliphatic rings. The number of hydrogen-bond donors (Lipinski definition) is 2. The summed E-state index contributed by atoms with van der Waals surface area (Å²) < 4.78 is 23.0. The van der Waals surface area contributed by atoms with Crippen LogP contribution in [-0.4, -0.2) is 42.7 Å². The van der Waals surface area contributed by atoms with Crippen molar-refractivity contribution in [3.8, 4) is 5.75 Å². The lowest BCUT2D eigenvalue weighted by atomic mass is 10.1. The van der Waals surface area contributed by atoms with Crippen LogP contribution in [0.2, 0.25) is 0 Å². The Balaban J connectivity index is 1.59. The molecule has 0 bridgehead atoms. The predicted octanol–water partition coefficient (Wildman–Crippen LogP) is 2.91. The summed E-state index contributed by atoms with van der Waals surface area (Å²) >= 11 is 1.37. The lowest BCUT2D eigenvalue weighted by molar-refractivity contribution is -0.266. The van der Waals surface area contributed by atoms with E-state index in [1.165, 1.54) is 11.8 Å². The topological polar surface area (TPSA) is 83.2 Å². The standard InChI is InChI=1S/C20H25NO5S/c1-13-17(26-20(18(21)22)27-16-6-4-3-5-7-16)12-24-19(25-13)14-8-10-15(23-2)11-9-14/h3-11,13,17-20,22H,12,21H2,1-2H3/t13?,17?,18-,19?,20?/m0/s1. The Hall–Kier alpha value is -1.61. The van der Waals surface area contributed by atoms with Crippen LogP contribution in [0.25, 0.3) is 0 Å². The molecule has 1 aliphatic heterocycles. The molecule has 0 saturated carbocycles. The van der Waals surface area contributed by atoms with E-state index in [1.807, 2.05) is 61.5 Å². The normalized spacial score (nSPS) is 25.0. The molecule has 0 radical (unpaired) electrons. The molecule has 5 atom stereocenters. The van der Waals surface area contributed by atoms with Crippen molar-refractivity contribution in [1.29, 1.82) is 0 Å². The van der Waals surface area contributed by atoms with Crippen molar-refractivity contribution in [2.45, 2.75) is 42.0 Å². The summed E-state index contributed by atoms with van der Waals surface area (Å²) in [7, 11) is 1.63. The van der Waals surface area contributed by atoms with Gasteiger partial charge in [-0.05, 0) is 31.2 Å². The Morgan fingerprint density at radius 3 is 2.44 bits per heavy atom. The molecule has 0 amide bonds. The quantitative estimate of drug-likeness (QED) is 0.555. The highest BCUT2D eigenvalue weighted by Crippen LogP contribution is 2.32. The van der Waals surface area contributed by atoms with Gasteiger partial charge in [0.15, 0.2) is 6.29 Å². The molecule has 0 spiro atoms. The molecule has 0 aromatic heterocycles. The van der Waals surface area contributed by atoms with Gasteiger partial charge in [-0.1, -0.05) is 42.1 Å². The van der Waals surface area contributed by atoms with Crippen molar-refractivity contribution in [3.63, 3.8) is 0 Å². The summed E-state index contributed by atoms with van der Waals surface area (Å²) in [4.78, 5) is 0.966. The fourth-order valence-corrected chi connectivity index (χ4v) is 3.63. The highest BCUT2D eigenvalue weighted by atomic mass is 32.2. The number of aliphatic hydroxyl groups excluding tert-OH is 1. The van der Waals surface area contributed by atoms with Gasteiger partial charge in [0, 0.05) is 10.5 Å². The summed E-state index contributed by atoms with van der Waals surface area (Å²) in [5.74, 6) is 0.779. The van der Waals surface area contributed by atoms with Gasteiger partial charge in [0.05, 0.1) is 19.8 Å². The van der Waals surface area contributed by atoms with E-state index in [4.69, 9.17) is 24.7 Å². The fraction of sp³-hybridized carbons (Fsp3) is 0.400. The molecule has 6 nitrogen and oxygen atoms in total. The van der Waals surface area contributed by atoms with Gasteiger partial charge in [-0.15, -0.1) is 0 Å². The van der Waals surface area contributed by atoms with E-state index >= 15 is 0 Å². The number of nitrogens with two attached hydrogens (primary N) is 1. The Morgan fingerprint density at radius 1 is 1.15 bits per heavy atom. The van der Waals surface area contributed by atoms with Gasteiger partial charge in [-0.25, -0.2) is 0 Å². The van der Waals surface area contributed by atoms with Crippen molar-refractivity contribution in [3.05, 3.63) is 60.2 Å². The monoisotopic (exact) mass is 391 g/mol. The molecule has 1 heterocycles. The van der Waals surface area contributed by atoms with Gasteiger partial charge < -0.3 is 29.8 Å². The Kier molecular flexibility index (Phi) is 7.12. The second-order valence-electron chi connectivity index (χ2n) is 6.24. The van der Waals surface area contributed by atoms with Crippen LogP contribution in [0.5, 0.6) is 5.75 Å². The highest BCUT2D eigenvalue weighted by molar-refractivity contribution is 7.99. The first-order valence-corrected chi connectivity index (χ1v) is 9.66. The number of methoxy groups -OCH3 is 1. The molecule has 3 rings (SSSR count). The first-order chi connectivity index (χ1) is 13.1. The second kappa shape index (κ2) is 9.54. The molecule has 2 aromatic rings. The first-order valence-electron chi connectivity index (χ1n) is 8.78. The Bertz CT molecular complexity index is 697. The third-order valence-corrected chi connectivity index (χ3v) is 5.41. The summed E-state index contributed by atoms with van der Waals surface area (Å²) in [6.07, 6.45) is -2.14. The number of ether oxygens (including phenoxy) is 4. The number of thioether (sulfide) groups is 1. The van der Waals surface area contributed by atoms with E-state index in [1.54, 1.807) is 7.11 Å². The summed E-state index contributed by atoms with van der Waals surface area (Å²) in [5, 5.41) is 9.91. The van der Waals surface area contributed by atoms with Gasteiger partial charge in [-0.3, -0.25) is 0 Å². The van der Waals surface area contributed by atoms with Crippen molar-refractivity contribution in [1.82, 2.24) is 0 Å². The zero-order valence-corrected chi connectivity index (χ0v) is 16.2. The van der Waals surface area contributed by atoms with Crippen LogP contribution >= 0.6 is 11.8 Å². The van der Waals surface area contributed by atoms with Crippen LogP contribution in [-0.2, 0) is 14.2 Å². The van der Waals surface area contributed by atoms with E-state index in [0.29, 0.717) is 6.61 Å². The van der Waals surface area contributed by atoms with Crippen LogP contribution in [0.15, 0.2) is 59.5 Å². The zero-order chi connectivity index (χ0) is 19.2. The van der Waals surface area contributed by atoms with Crippen LogP contribution in [0, 0.1) is 0 Å². The van der Waals surface area contributed by atoms with E-state index < -0.39 is 18.0 Å². The third kappa shape index (κ3) is 5.44. The Labute approximate surface area is 163 Å². The van der Waals surface area contributed by atoms with Gasteiger partial charge >= 0.3 is 0 Å². The number of rotatable bonds is 7. The minimum atomic E-state index is -1.12. The summed E-state index contributed by atoms with van der Waals surface area (Å²) in [6, 6.07) is 17.2. The molecule has 0 aliphatic carbocycles. The molecular weight excluding hydrogens is 366 g/mol. The van der Waals surface area contributed by atoms with E-state index in [-0.39, 0.29) is 12.2 Å². The average molecular weight is 391 g/mol. The lowest BCUT2D eigenvalue weighted by Gasteiger charge is -2.37. The van der Waals surface area contributed by atoms with E-state index in [9.17, 15) is 5.11 Å². The van der Waals surface area contributed by atoms with Gasteiger partial charge in [0.1, 0.15) is 23.5 Å². The first kappa shape index (κ1) is 20.1. The highest BCUT2D eigenvalue weighted by Gasteiger charge is 2.33. The largest absolute Gasteiger partial charge is 0.497 e. The molecule has 1 saturated heterocycles. The Morgan fingerprint density at radius 2 is 1.85 bits per heavy atom. The minimum absolute atomic E-state index is 0.219. The van der Waals surface area contributed by atoms with Crippen molar-refractivity contribution in [2.24, 2.45) is 5.73 Å². The van der Waals surface area contributed by atoms with Gasteiger partial charge in [0.2, 0.25) is 0 Å². The smallest absolute Gasteiger partial charge is 0.184 e. The number of hydrogen-bond acceptors (Lipinski definition) is 7. The summed E-state index contributed by atoms with van der Waals surface area (Å²) in [5.41, 5.74) is 6.00. The van der Waals surface area contributed by atoms with Crippen molar-refractivity contribution in [2.75, 3.05) is 13.7 Å². The maximum Gasteiger partial charge on any atom is 0.184 e. The van der Waals surface area contributed by atoms with Gasteiger partial charge in [-0.2, -0.15) is 0 Å². The van der Waals surface area contributed by atoms with Crippen molar-refractivity contribution >= 4 is 11.8 Å². The second-order valence-corrected chi connectivity index (χ2v) is 7.42. The summed E-state index contributed by atoms with van der Waals surface area (Å²) in [6.45, 7) is 2.27. The van der Waals surface area contributed by atoms with E-state index in [0.717, 1.165) is 16.2 Å². The third-order valence-electron chi connectivity index (χ3n) is 4.24. The molecule has 2 aromatic carbocycles. The zero-order valence-electron chi connectivity index (χ0n) is 15.4. The van der Waals surface area contributed by atoms with Crippen molar-refractivity contribution < 1.29 is 24.1 Å². The van der Waals surface area contributed by atoms with Crippen LogP contribution in [0.1, 0.15) is 18.8 Å². The molecule has 4 unspecified atom stereocenters. The lowest BCUT2D eigenvalue weighted by Crippen LogP contribution is -2.45. The molecule has 27 heavy (non-hydrogen) atoms. The van der Waals surface area contributed by atoms with E-state index in [2.05, 4.69) is 0 Å². The number of aliphatic hydroxyl groups is 1. The molecule has 146 valence electrons. The maximum atomic E-state index is 9.91. The predicted molar refractivity (Wildman–Crippen MR) is 103 cm³/mol. The average Bonchev–Trinajstić information content (AvgIpc) is 2.69. The molecule has 3 N–H and O–H groups in total. The van der Waals surface area contributed by atoms with Crippen LogP contribution < -0.4 is 10.5 Å².